The molecule has 0 aliphatic rings. The second kappa shape index (κ2) is 4.52. The summed E-state index contributed by atoms with van der Waals surface area (Å²) in [6.45, 7) is 0.480. The first-order valence-corrected chi connectivity index (χ1v) is 5.91. The number of hydrogen-bond acceptors (Lipinski definition) is 2. The Balaban J connectivity index is 2.42. The second-order valence-corrected chi connectivity index (χ2v) is 4.10. The van der Waals surface area contributed by atoms with E-state index < -0.39 is 0 Å². The molecule has 0 atom stereocenters. The van der Waals surface area contributed by atoms with Crippen LogP contribution in [0, 0.1) is 12.3 Å². The van der Waals surface area contributed by atoms with Gasteiger partial charge in [0.05, 0.1) is 11.6 Å². The topological polar surface area (TPSA) is 17.8 Å². The van der Waals surface area contributed by atoms with Gasteiger partial charge in [0.15, 0.2) is 0 Å². The van der Waals surface area contributed by atoms with Crippen molar-refractivity contribution in [3.05, 3.63) is 28.6 Å². The predicted molar refractivity (Wildman–Crippen MR) is 63.9 cm³/mol. The zero-order chi connectivity index (χ0) is 10.7. The molecule has 0 aromatic carbocycles. The molecule has 0 aliphatic heterocycles. The third-order valence-electron chi connectivity index (χ3n) is 2.03. The molecule has 0 bridgehead atoms. The first-order valence-electron chi connectivity index (χ1n) is 4.43. The zero-order valence-electron chi connectivity index (χ0n) is 7.98. The van der Waals surface area contributed by atoms with Crippen LogP contribution in [0.3, 0.4) is 0 Å². The Labute approximate surface area is 97.5 Å². The fourth-order valence-corrected chi connectivity index (χ4v) is 2.21. The number of hydrogen-bond donors (Lipinski definition) is 0. The summed E-state index contributed by atoms with van der Waals surface area (Å²) in [5.74, 6) is 3.01. The molecular formula is C11H9ClN2S. The number of nitrogens with zero attached hydrogens (tertiary/aromatic N) is 2. The first-order chi connectivity index (χ1) is 7.35. The van der Waals surface area contributed by atoms with Crippen molar-refractivity contribution in [3.8, 4) is 23.6 Å². The van der Waals surface area contributed by atoms with E-state index in [2.05, 4.69) is 16.4 Å². The average molecular weight is 237 g/mol. The highest BCUT2D eigenvalue weighted by Gasteiger charge is 2.09. The van der Waals surface area contributed by atoms with Crippen LogP contribution in [0.5, 0.6) is 0 Å². The molecule has 0 amide bonds. The van der Waals surface area contributed by atoms with Crippen LogP contribution < -0.4 is 0 Å². The molecule has 2 rings (SSSR count). The fourth-order valence-electron chi connectivity index (χ4n) is 1.38. The van der Waals surface area contributed by atoms with Gasteiger partial charge in [-0.25, -0.2) is 0 Å². The fraction of sp³-hybridized carbons (Fsp3) is 0.182. The highest BCUT2D eigenvalue weighted by Crippen LogP contribution is 2.25. The van der Waals surface area contributed by atoms with Crippen molar-refractivity contribution < 1.29 is 0 Å². The van der Waals surface area contributed by atoms with Gasteiger partial charge >= 0.3 is 0 Å². The van der Waals surface area contributed by atoms with Crippen molar-refractivity contribution >= 4 is 22.9 Å². The van der Waals surface area contributed by atoms with Crippen molar-refractivity contribution in [1.29, 1.82) is 0 Å². The van der Waals surface area contributed by atoms with Gasteiger partial charge in [0.25, 0.3) is 0 Å². The Hall–Kier alpha value is -1.24. The minimum Gasteiger partial charge on any atom is -0.260 e. The van der Waals surface area contributed by atoms with Gasteiger partial charge in [-0.2, -0.15) is 16.4 Å². The Morgan fingerprint density at radius 2 is 2.47 bits per heavy atom. The summed E-state index contributed by atoms with van der Waals surface area (Å²) >= 11 is 7.50. The van der Waals surface area contributed by atoms with Crippen molar-refractivity contribution in [1.82, 2.24) is 9.78 Å². The summed E-state index contributed by atoms with van der Waals surface area (Å²) in [4.78, 5) is 0. The van der Waals surface area contributed by atoms with Crippen molar-refractivity contribution in [2.75, 3.05) is 0 Å². The third kappa shape index (κ3) is 2.06. The minimum absolute atomic E-state index is 0.454. The summed E-state index contributed by atoms with van der Waals surface area (Å²) in [5, 5.41) is 8.49. The lowest BCUT2D eigenvalue weighted by atomic mass is 10.2. The van der Waals surface area contributed by atoms with Gasteiger partial charge in [0.2, 0.25) is 0 Å². The van der Waals surface area contributed by atoms with E-state index in [-0.39, 0.29) is 0 Å². The quantitative estimate of drug-likeness (QED) is 0.592. The van der Waals surface area contributed by atoms with Crippen LogP contribution in [0.25, 0.3) is 11.3 Å². The highest BCUT2D eigenvalue weighted by atomic mass is 35.5. The number of thiophene rings is 1. The molecule has 2 aromatic rings. The summed E-state index contributed by atoms with van der Waals surface area (Å²) < 4.78 is 1.74. The van der Waals surface area contributed by atoms with E-state index in [0.29, 0.717) is 12.4 Å². The van der Waals surface area contributed by atoms with Crippen LogP contribution in [-0.4, -0.2) is 9.78 Å². The Bertz CT molecular complexity index is 479. The smallest absolute Gasteiger partial charge is 0.101 e. The van der Waals surface area contributed by atoms with E-state index in [1.807, 2.05) is 17.6 Å². The Kier molecular flexibility index (Phi) is 3.10. The maximum Gasteiger partial charge on any atom is 0.101 e. The molecule has 0 saturated heterocycles. The van der Waals surface area contributed by atoms with Gasteiger partial charge in [-0.3, -0.25) is 4.68 Å². The van der Waals surface area contributed by atoms with E-state index >= 15 is 0 Å². The maximum atomic E-state index is 5.86. The normalized spacial score (nSPS) is 10.1. The van der Waals surface area contributed by atoms with Crippen molar-refractivity contribution in [3.63, 3.8) is 0 Å². The lowest BCUT2D eigenvalue weighted by Gasteiger charge is -1.93. The predicted octanol–water partition coefficient (Wildman–Crippen LogP) is 2.98. The number of halogens is 1. The van der Waals surface area contributed by atoms with Crippen molar-refractivity contribution in [2.45, 2.75) is 12.4 Å². The summed E-state index contributed by atoms with van der Waals surface area (Å²) in [7, 11) is 0. The summed E-state index contributed by atoms with van der Waals surface area (Å²) in [6.07, 6.45) is 7.14. The van der Waals surface area contributed by atoms with E-state index in [9.17, 15) is 0 Å². The standard InChI is InChI=1S/C11H9ClN2S/c1-2-4-14-7-10(6-12)11(13-14)9-3-5-15-8-9/h1,3,5,7-8H,4,6H2. The van der Waals surface area contributed by atoms with Crippen LogP contribution in [0.2, 0.25) is 0 Å². The van der Waals surface area contributed by atoms with E-state index in [0.717, 1.165) is 16.8 Å². The van der Waals surface area contributed by atoms with Crippen LogP contribution in [0.1, 0.15) is 5.56 Å². The molecule has 0 aliphatic carbocycles. The lowest BCUT2D eigenvalue weighted by molar-refractivity contribution is 0.718. The van der Waals surface area contributed by atoms with Gasteiger partial charge in [-0.1, -0.05) is 5.92 Å². The average Bonchev–Trinajstić information content (AvgIpc) is 2.84. The van der Waals surface area contributed by atoms with Crippen LogP contribution in [0.15, 0.2) is 23.0 Å². The Morgan fingerprint density at radius 3 is 3.07 bits per heavy atom. The molecule has 76 valence electrons. The molecule has 2 aromatic heterocycles. The molecule has 0 spiro atoms. The van der Waals surface area contributed by atoms with Gasteiger partial charge in [0.1, 0.15) is 6.54 Å². The molecule has 15 heavy (non-hydrogen) atoms. The number of aromatic nitrogens is 2. The van der Waals surface area contributed by atoms with E-state index in [1.54, 1.807) is 16.0 Å². The largest absolute Gasteiger partial charge is 0.260 e. The number of alkyl halides is 1. The molecule has 0 unspecified atom stereocenters. The second-order valence-electron chi connectivity index (χ2n) is 3.05. The summed E-state index contributed by atoms with van der Waals surface area (Å²) in [5.41, 5.74) is 3.05. The van der Waals surface area contributed by atoms with Gasteiger partial charge in [-0.15, -0.1) is 18.0 Å². The molecule has 0 N–H and O–H groups in total. The van der Waals surface area contributed by atoms with Gasteiger partial charge in [-0.05, 0) is 11.4 Å². The maximum absolute atomic E-state index is 5.86. The minimum atomic E-state index is 0.454. The first kappa shape index (κ1) is 10.3. The highest BCUT2D eigenvalue weighted by molar-refractivity contribution is 7.08. The Morgan fingerprint density at radius 1 is 1.60 bits per heavy atom. The molecule has 2 heterocycles. The molecule has 0 fully saturated rings. The third-order valence-corrected chi connectivity index (χ3v) is 3.00. The van der Waals surface area contributed by atoms with Crippen LogP contribution in [0.4, 0.5) is 0 Å². The molecule has 4 heteroatoms. The van der Waals surface area contributed by atoms with Gasteiger partial charge < -0.3 is 0 Å². The molecule has 2 nitrogen and oxygen atoms in total. The SMILES string of the molecule is C#CCn1cc(CCl)c(-c2ccsc2)n1. The van der Waals surface area contributed by atoms with Crippen LogP contribution >= 0.6 is 22.9 Å². The van der Waals surface area contributed by atoms with E-state index in [1.165, 1.54) is 0 Å². The summed E-state index contributed by atoms with van der Waals surface area (Å²) in [6, 6.07) is 2.03. The molecular weight excluding hydrogens is 228 g/mol. The molecule has 0 saturated carbocycles. The van der Waals surface area contributed by atoms with Crippen LogP contribution in [-0.2, 0) is 12.4 Å². The monoisotopic (exact) mass is 236 g/mol. The molecule has 0 radical (unpaired) electrons. The van der Waals surface area contributed by atoms with Gasteiger partial charge in [0, 0.05) is 22.7 Å². The zero-order valence-corrected chi connectivity index (χ0v) is 9.55. The van der Waals surface area contributed by atoms with E-state index in [4.69, 9.17) is 18.0 Å². The lowest BCUT2D eigenvalue weighted by Crippen LogP contribution is -1.95. The van der Waals surface area contributed by atoms with Crippen molar-refractivity contribution in [2.24, 2.45) is 0 Å². The number of terminal acetylenes is 1. The number of rotatable bonds is 3.